The lowest BCUT2D eigenvalue weighted by Gasteiger charge is -2.07. The van der Waals surface area contributed by atoms with Gasteiger partial charge in [-0.2, -0.15) is 10.2 Å². The summed E-state index contributed by atoms with van der Waals surface area (Å²) < 4.78 is 16.7. The van der Waals surface area contributed by atoms with E-state index in [-0.39, 0.29) is 12.5 Å². The Balaban J connectivity index is 1.35. The summed E-state index contributed by atoms with van der Waals surface area (Å²) in [5, 5.41) is 13.1. The fraction of sp³-hybridized carbons (Fsp3) is 0.185. The summed E-state index contributed by atoms with van der Waals surface area (Å²) in [5.74, 6) is -0.251. The monoisotopic (exact) mass is 502 g/mol. The van der Waals surface area contributed by atoms with Crippen molar-refractivity contribution in [2.45, 2.75) is 33.9 Å². The molecule has 9 heteroatoms. The van der Waals surface area contributed by atoms with E-state index in [4.69, 9.17) is 11.6 Å². The van der Waals surface area contributed by atoms with Crippen molar-refractivity contribution in [1.82, 2.24) is 24.5 Å². The molecule has 1 N–H and O–H groups in total. The van der Waals surface area contributed by atoms with Gasteiger partial charge in [-0.25, -0.2) is 14.1 Å². The third kappa shape index (κ3) is 4.72. The zero-order chi connectivity index (χ0) is 25.4. The van der Waals surface area contributed by atoms with Gasteiger partial charge in [-0.1, -0.05) is 47.5 Å². The van der Waals surface area contributed by atoms with Gasteiger partial charge in [0.25, 0.3) is 0 Å². The first-order chi connectivity index (χ1) is 17.3. The number of aryl methyl sites for hydroxylation is 3. The van der Waals surface area contributed by atoms with Crippen molar-refractivity contribution < 1.29 is 9.18 Å². The van der Waals surface area contributed by atoms with Gasteiger partial charge in [0.15, 0.2) is 11.5 Å². The summed E-state index contributed by atoms with van der Waals surface area (Å²) in [6, 6.07) is 16.3. The molecule has 0 aliphatic carbocycles. The molecule has 1 amide bonds. The number of carbonyl (C=O) groups is 1. The van der Waals surface area contributed by atoms with E-state index in [9.17, 15) is 9.18 Å². The summed E-state index contributed by atoms with van der Waals surface area (Å²) in [5.41, 5.74) is 6.30. The van der Waals surface area contributed by atoms with Crippen LogP contribution in [0.15, 0.2) is 60.8 Å². The molecule has 0 aliphatic heterocycles. The maximum absolute atomic E-state index is 13.3. The van der Waals surface area contributed by atoms with Crippen LogP contribution < -0.4 is 5.32 Å². The second kappa shape index (κ2) is 9.54. The quantitative estimate of drug-likeness (QED) is 0.323. The number of nitrogens with one attached hydrogen (secondary N) is 1. The van der Waals surface area contributed by atoms with Crippen LogP contribution >= 0.6 is 11.6 Å². The zero-order valence-electron chi connectivity index (χ0n) is 20.1. The molecule has 7 nitrogen and oxygen atoms in total. The van der Waals surface area contributed by atoms with Crippen molar-refractivity contribution in [3.8, 4) is 11.1 Å². The Kier molecular flexibility index (Phi) is 6.28. The highest BCUT2D eigenvalue weighted by Gasteiger charge is 2.17. The average molecular weight is 503 g/mol. The standard InChI is InChI=1S/C27H24ClFN6O/c1-16-4-6-19(7-5-16)22-10-11-30-27-26(22)18(3)32-35(27)15-25(36)31-24-12-17(2)34(33-24)14-20-8-9-21(29)13-23(20)28/h4-13H,14-15H2,1-3H3,(H,31,33,36). The van der Waals surface area contributed by atoms with Gasteiger partial charge in [0.1, 0.15) is 12.4 Å². The molecule has 5 rings (SSSR count). The van der Waals surface area contributed by atoms with Crippen LogP contribution in [0.25, 0.3) is 22.2 Å². The third-order valence-corrected chi connectivity index (χ3v) is 6.40. The van der Waals surface area contributed by atoms with Crippen molar-refractivity contribution in [2.24, 2.45) is 0 Å². The van der Waals surface area contributed by atoms with E-state index in [0.29, 0.717) is 23.0 Å². The lowest BCUT2D eigenvalue weighted by molar-refractivity contribution is -0.116. The second-order valence-corrected chi connectivity index (χ2v) is 9.19. The molecule has 182 valence electrons. The fourth-order valence-electron chi connectivity index (χ4n) is 4.23. The highest BCUT2D eigenvalue weighted by molar-refractivity contribution is 6.31. The first kappa shape index (κ1) is 23.7. The molecule has 0 aliphatic rings. The lowest BCUT2D eigenvalue weighted by Crippen LogP contribution is -2.20. The number of pyridine rings is 1. The van der Waals surface area contributed by atoms with E-state index in [2.05, 4.69) is 51.7 Å². The van der Waals surface area contributed by atoms with Crippen LogP contribution in [-0.4, -0.2) is 30.5 Å². The summed E-state index contributed by atoms with van der Waals surface area (Å²) in [6.07, 6.45) is 1.73. The number of anilines is 1. The van der Waals surface area contributed by atoms with Crippen LogP contribution in [0.2, 0.25) is 5.02 Å². The fourth-order valence-corrected chi connectivity index (χ4v) is 4.45. The highest BCUT2D eigenvalue weighted by atomic mass is 35.5. The number of hydrogen-bond donors (Lipinski definition) is 1. The SMILES string of the molecule is Cc1ccc(-c2ccnc3c2c(C)nn3CC(=O)Nc2cc(C)n(Cc3ccc(F)cc3Cl)n2)cc1. The maximum Gasteiger partial charge on any atom is 0.247 e. The number of fused-ring (bicyclic) bond motifs is 1. The smallest absolute Gasteiger partial charge is 0.247 e. The van der Waals surface area contributed by atoms with Crippen molar-refractivity contribution in [1.29, 1.82) is 0 Å². The number of benzene rings is 2. The largest absolute Gasteiger partial charge is 0.308 e. The number of nitrogens with zero attached hydrogens (tertiary/aromatic N) is 5. The summed E-state index contributed by atoms with van der Waals surface area (Å²) in [7, 11) is 0. The Bertz CT molecular complexity index is 1590. The first-order valence-corrected chi connectivity index (χ1v) is 11.8. The minimum absolute atomic E-state index is 0.00953. The second-order valence-electron chi connectivity index (χ2n) is 8.78. The molecule has 0 radical (unpaired) electrons. The van der Waals surface area contributed by atoms with E-state index >= 15 is 0 Å². The molecular formula is C27H24ClFN6O. The van der Waals surface area contributed by atoms with Gasteiger partial charge < -0.3 is 5.32 Å². The van der Waals surface area contributed by atoms with Gasteiger partial charge in [0, 0.05) is 28.4 Å². The van der Waals surface area contributed by atoms with Crippen LogP contribution in [0, 0.1) is 26.6 Å². The third-order valence-electron chi connectivity index (χ3n) is 6.05. The van der Waals surface area contributed by atoms with Gasteiger partial charge in [-0.05, 0) is 55.7 Å². The Labute approximate surface area is 212 Å². The number of hydrogen-bond acceptors (Lipinski definition) is 4. The van der Waals surface area contributed by atoms with Crippen molar-refractivity contribution in [2.75, 3.05) is 5.32 Å². The molecular weight excluding hydrogens is 479 g/mol. The molecule has 3 heterocycles. The van der Waals surface area contributed by atoms with Crippen LogP contribution in [0.3, 0.4) is 0 Å². The topological polar surface area (TPSA) is 77.6 Å². The molecule has 0 saturated carbocycles. The van der Waals surface area contributed by atoms with E-state index in [1.165, 1.54) is 17.7 Å². The zero-order valence-corrected chi connectivity index (χ0v) is 20.8. The molecule has 0 saturated heterocycles. The molecule has 36 heavy (non-hydrogen) atoms. The Hall–Kier alpha value is -4.04. The number of aromatic nitrogens is 5. The Morgan fingerprint density at radius 2 is 1.78 bits per heavy atom. The number of carbonyl (C=O) groups excluding carboxylic acids is 1. The molecule has 0 fully saturated rings. The summed E-state index contributed by atoms with van der Waals surface area (Å²) in [4.78, 5) is 17.4. The van der Waals surface area contributed by atoms with Gasteiger partial charge in [-0.15, -0.1) is 0 Å². The van der Waals surface area contributed by atoms with Crippen LogP contribution in [0.1, 0.15) is 22.5 Å². The van der Waals surface area contributed by atoms with Crippen molar-refractivity contribution >= 4 is 34.4 Å². The normalized spacial score (nSPS) is 11.2. The van der Waals surface area contributed by atoms with E-state index in [1.807, 2.05) is 19.9 Å². The summed E-state index contributed by atoms with van der Waals surface area (Å²) >= 11 is 6.15. The maximum atomic E-state index is 13.3. The Morgan fingerprint density at radius 3 is 2.53 bits per heavy atom. The molecule has 2 aromatic carbocycles. The number of halogens is 2. The van der Waals surface area contributed by atoms with E-state index in [0.717, 1.165) is 33.5 Å². The van der Waals surface area contributed by atoms with Gasteiger partial charge in [0.2, 0.25) is 5.91 Å². The molecule has 0 bridgehead atoms. The predicted octanol–water partition coefficient (Wildman–Crippen LogP) is 5.70. The van der Waals surface area contributed by atoms with Crippen molar-refractivity contribution in [3.05, 3.63) is 94.1 Å². The molecule has 0 atom stereocenters. The molecule has 0 spiro atoms. The van der Waals surface area contributed by atoms with Crippen LogP contribution in [0.5, 0.6) is 0 Å². The van der Waals surface area contributed by atoms with Crippen molar-refractivity contribution in [3.63, 3.8) is 0 Å². The highest BCUT2D eigenvalue weighted by Crippen LogP contribution is 2.30. The molecule has 3 aromatic heterocycles. The minimum atomic E-state index is -0.393. The van der Waals surface area contributed by atoms with E-state index < -0.39 is 5.82 Å². The van der Waals surface area contributed by atoms with Gasteiger partial charge in [0.05, 0.1) is 12.2 Å². The minimum Gasteiger partial charge on any atom is -0.308 e. The Morgan fingerprint density at radius 1 is 1.00 bits per heavy atom. The summed E-state index contributed by atoms with van der Waals surface area (Å²) in [6.45, 7) is 6.19. The lowest BCUT2D eigenvalue weighted by atomic mass is 10.0. The van der Waals surface area contributed by atoms with Crippen LogP contribution in [0.4, 0.5) is 10.2 Å². The number of amides is 1. The van der Waals surface area contributed by atoms with Gasteiger partial charge in [-0.3, -0.25) is 9.48 Å². The average Bonchev–Trinajstić information content (AvgIpc) is 3.34. The van der Waals surface area contributed by atoms with Gasteiger partial charge >= 0.3 is 0 Å². The molecule has 5 aromatic rings. The van der Waals surface area contributed by atoms with E-state index in [1.54, 1.807) is 27.7 Å². The first-order valence-electron chi connectivity index (χ1n) is 11.5. The predicted molar refractivity (Wildman–Crippen MR) is 139 cm³/mol. The molecule has 0 unspecified atom stereocenters. The number of rotatable bonds is 6. The van der Waals surface area contributed by atoms with Crippen LogP contribution in [-0.2, 0) is 17.9 Å².